The van der Waals surface area contributed by atoms with E-state index in [1.165, 1.54) is 16.1 Å². The Morgan fingerprint density at radius 1 is 1.00 bits per heavy atom. The second kappa shape index (κ2) is 12.4. The number of rotatable bonds is 11. The first-order valence-corrected chi connectivity index (χ1v) is 16.1. The molecule has 1 amide bonds. The van der Waals surface area contributed by atoms with Crippen molar-refractivity contribution in [2.75, 3.05) is 24.2 Å². The number of nitrogens with one attached hydrogen (secondary N) is 1. The van der Waals surface area contributed by atoms with Crippen molar-refractivity contribution in [3.8, 4) is 11.4 Å². The van der Waals surface area contributed by atoms with Crippen molar-refractivity contribution in [3.05, 3.63) is 53.6 Å². The molecule has 3 aromatic rings. The molecule has 0 unspecified atom stereocenters. The summed E-state index contributed by atoms with van der Waals surface area (Å²) in [5, 5.41) is 12.6. The van der Waals surface area contributed by atoms with Gasteiger partial charge in [0.1, 0.15) is 0 Å². The SMILES string of the molecule is CCN(CC)S(=O)(=O)c1cccc(-c2nnc(SCC(=O)Nc3cc(C)ccc3C)n2C(C)(C)CC(C)(C)C)c1. The lowest BCUT2D eigenvalue weighted by atomic mass is 9.81. The number of aromatic nitrogens is 3. The molecular weight excluding hydrogens is 542 g/mol. The third-order valence-corrected chi connectivity index (χ3v) is 9.61. The maximum absolute atomic E-state index is 13.3. The maximum Gasteiger partial charge on any atom is 0.243 e. The van der Waals surface area contributed by atoms with Crippen LogP contribution in [0.5, 0.6) is 0 Å². The molecule has 40 heavy (non-hydrogen) atoms. The van der Waals surface area contributed by atoms with E-state index in [4.69, 9.17) is 0 Å². The molecule has 0 saturated heterocycles. The van der Waals surface area contributed by atoms with E-state index < -0.39 is 15.6 Å². The Morgan fingerprint density at radius 3 is 2.30 bits per heavy atom. The molecule has 0 atom stereocenters. The number of carbonyl (C=O) groups excluding carboxylic acids is 1. The normalized spacial score (nSPS) is 12.7. The highest BCUT2D eigenvalue weighted by molar-refractivity contribution is 7.99. The van der Waals surface area contributed by atoms with Crippen LogP contribution < -0.4 is 5.32 Å². The van der Waals surface area contributed by atoms with E-state index in [1.807, 2.05) is 52.0 Å². The van der Waals surface area contributed by atoms with Crippen LogP contribution in [0.25, 0.3) is 11.4 Å². The van der Waals surface area contributed by atoms with E-state index in [9.17, 15) is 13.2 Å². The Balaban J connectivity index is 2.00. The molecule has 0 spiro atoms. The molecule has 1 N–H and O–H groups in total. The van der Waals surface area contributed by atoms with Crippen molar-refractivity contribution < 1.29 is 13.2 Å². The van der Waals surface area contributed by atoms with Gasteiger partial charge < -0.3 is 5.32 Å². The Labute approximate surface area is 244 Å². The Bertz CT molecular complexity index is 1450. The zero-order valence-corrected chi connectivity index (χ0v) is 26.8. The lowest BCUT2D eigenvalue weighted by Crippen LogP contribution is -2.33. The average molecular weight is 586 g/mol. The number of hydrogen-bond acceptors (Lipinski definition) is 6. The number of amides is 1. The number of anilines is 1. The molecule has 0 saturated carbocycles. The fraction of sp³-hybridized carbons (Fsp3) is 0.500. The Hall–Kier alpha value is -2.69. The summed E-state index contributed by atoms with van der Waals surface area (Å²) in [4.78, 5) is 13.2. The highest BCUT2D eigenvalue weighted by atomic mass is 32.2. The van der Waals surface area contributed by atoms with Gasteiger partial charge >= 0.3 is 0 Å². The number of sulfonamides is 1. The van der Waals surface area contributed by atoms with Gasteiger partial charge in [0.05, 0.1) is 10.6 Å². The van der Waals surface area contributed by atoms with Crippen LogP contribution in [0.15, 0.2) is 52.5 Å². The number of aryl methyl sites for hydroxylation is 2. The van der Waals surface area contributed by atoms with Gasteiger partial charge in [0, 0.05) is 29.9 Å². The van der Waals surface area contributed by atoms with Gasteiger partial charge in [-0.05, 0) is 68.9 Å². The van der Waals surface area contributed by atoms with Gasteiger partial charge in [-0.3, -0.25) is 9.36 Å². The molecule has 0 radical (unpaired) electrons. The first kappa shape index (κ1) is 31.8. The molecule has 0 aliphatic carbocycles. The van der Waals surface area contributed by atoms with Crippen LogP contribution in [-0.2, 0) is 20.4 Å². The van der Waals surface area contributed by atoms with E-state index in [-0.39, 0.29) is 22.0 Å². The lowest BCUT2D eigenvalue weighted by molar-refractivity contribution is -0.113. The molecule has 0 aliphatic heterocycles. The van der Waals surface area contributed by atoms with Crippen molar-refractivity contribution in [2.45, 2.75) is 84.3 Å². The predicted molar refractivity (Wildman–Crippen MR) is 164 cm³/mol. The largest absolute Gasteiger partial charge is 0.325 e. The van der Waals surface area contributed by atoms with Crippen molar-refractivity contribution in [1.82, 2.24) is 19.1 Å². The fourth-order valence-electron chi connectivity index (χ4n) is 5.17. The minimum atomic E-state index is -3.64. The van der Waals surface area contributed by atoms with Gasteiger partial charge in [0.25, 0.3) is 0 Å². The van der Waals surface area contributed by atoms with E-state index in [2.05, 4.69) is 54.7 Å². The summed E-state index contributed by atoms with van der Waals surface area (Å²) >= 11 is 1.33. The Morgan fingerprint density at radius 2 is 1.68 bits per heavy atom. The van der Waals surface area contributed by atoms with Crippen molar-refractivity contribution in [3.63, 3.8) is 0 Å². The second-order valence-corrected chi connectivity index (χ2v) is 14.8. The number of benzene rings is 2. The standard InChI is InChI=1S/C30H43N5O3S2/c1-10-34(11-2)40(37,38)24-14-12-13-23(18-24)27-32-33-28(35(27)30(8,9)20-29(5,6)7)39-19-26(36)31-25-17-21(3)15-16-22(25)4/h12-18H,10-11,19-20H2,1-9H3,(H,31,36). The van der Waals surface area contributed by atoms with E-state index in [1.54, 1.807) is 18.2 Å². The van der Waals surface area contributed by atoms with Gasteiger partial charge in [-0.15, -0.1) is 10.2 Å². The third-order valence-electron chi connectivity index (χ3n) is 6.64. The highest BCUT2D eigenvalue weighted by Crippen LogP contribution is 2.38. The topological polar surface area (TPSA) is 97.2 Å². The summed E-state index contributed by atoms with van der Waals surface area (Å²) in [6.07, 6.45) is 0.810. The molecule has 0 aliphatic rings. The van der Waals surface area contributed by atoms with E-state index in [0.29, 0.717) is 29.6 Å². The zero-order chi connectivity index (χ0) is 29.9. The number of thioether (sulfide) groups is 1. The van der Waals surface area contributed by atoms with Crippen molar-refractivity contribution in [1.29, 1.82) is 0 Å². The van der Waals surface area contributed by atoms with Crippen LogP contribution in [0.3, 0.4) is 0 Å². The lowest BCUT2D eigenvalue weighted by Gasteiger charge is -2.35. The highest BCUT2D eigenvalue weighted by Gasteiger charge is 2.33. The summed E-state index contributed by atoms with van der Waals surface area (Å²) in [6, 6.07) is 12.9. The minimum Gasteiger partial charge on any atom is -0.325 e. The molecule has 1 heterocycles. The average Bonchev–Trinajstić information content (AvgIpc) is 3.29. The smallest absolute Gasteiger partial charge is 0.243 e. The summed E-state index contributed by atoms with van der Waals surface area (Å²) in [5.74, 6) is 0.604. The zero-order valence-electron chi connectivity index (χ0n) is 25.2. The maximum atomic E-state index is 13.3. The fourth-order valence-corrected chi connectivity index (χ4v) is 7.57. The molecule has 0 bridgehead atoms. The molecular formula is C30H43N5O3S2. The van der Waals surface area contributed by atoms with E-state index >= 15 is 0 Å². The van der Waals surface area contributed by atoms with Gasteiger partial charge in [-0.25, -0.2) is 8.42 Å². The van der Waals surface area contributed by atoms with Gasteiger partial charge in [0.2, 0.25) is 15.9 Å². The Kier molecular flexibility index (Phi) is 9.91. The van der Waals surface area contributed by atoms with Crippen LogP contribution in [0.1, 0.15) is 66.0 Å². The molecule has 218 valence electrons. The summed E-state index contributed by atoms with van der Waals surface area (Å²) in [6.45, 7) is 19.2. The molecule has 0 fully saturated rings. The predicted octanol–water partition coefficient (Wildman–Crippen LogP) is 6.49. The molecule has 8 nitrogen and oxygen atoms in total. The quantitative estimate of drug-likeness (QED) is 0.258. The molecule has 3 rings (SSSR count). The van der Waals surface area contributed by atoms with Gasteiger partial charge in [-0.2, -0.15) is 4.31 Å². The number of carbonyl (C=O) groups is 1. The van der Waals surface area contributed by atoms with Gasteiger partial charge in [0.15, 0.2) is 11.0 Å². The van der Waals surface area contributed by atoms with Crippen LogP contribution in [0.2, 0.25) is 0 Å². The summed E-state index contributed by atoms with van der Waals surface area (Å²) in [7, 11) is -3.64. The third kappa shape index (κ3) is 7.53. The van der Waals surface area contributed by atoms with Crippen molar-refractivity contribution >= 4 is 33.4 Å². The first-order chi connectivity index (χ1) is 18.6. The molecule has 10 heteroatoms. The van der Waals surface area contributed by atoms with Crippen LogP contribution >= 0.6 is 11.8 Å². The first-order valence-electron chi connectivity index (χ1n) is 13.7. The van der Waals surface area contributed by atoms with Crippen LogP contribution in [-0.4, -0.2) is 52.2 Å². The van der Waals surface area contributed by atoms with Crippen LogP contribution in [0.4, 0.5) is 5.69 Å². The number of hydrogen-bond donors (Lipinski definition) is 1. The molecule has 1 aromatic heterocycles. The minimum absolute atomic E-state index is 0.000981. The molecule has 2 aromatic carbocycles. The number of nitrogens with zero attached hydrogens (tertiary/aromatic N) is 4. The van der Waals surface area contributed by atoms with Crippen LogP contribution in [0, 0.1) is 19.3 Å². The second-order valence-electron chi connectivity index (χ2n) is 12.0. The van der Waals surface area contributed by atoms with E-state index in [0.717, 1.165) is 23.2 Å². The van der Waals surface area contributed by atoms with Gasteiger partial charge in [-0.1, -0.05) is 70.6 Å². The van der Waals surface area contributed by atoms with Crippen molar-refractivity contribution in [2.24, 2.45) is 5.41 Å². The monoisotopic (exact) mass is 585 g/mol. The summed E-state index contributed by atoms with van der Waals surface area (Å²) < 4.78 is 30.0. The summed E-state index contributed by atoms with van der Waals surface area (Å²) in [5.41, 5.74) is 3.12.